The van der Waals surface area contributed by atoms with E-state index in [-0.39, 0.29) is 6.04 Å². The molecule has 0 heterocycles. The van der Waals surface area contributed by atoms with Gasteiger partial charge < -0.3 is 5.32 Å². The van der Waals surface area contributed by atoms with Crippen LogP contribution in [-0.2, 0) is 10.0 Å². The third-order valence-electron chi connectivity index (χ3n) is 4.49. The van der Waals surface area contributed by atoms with Crippen molar-refractivity contribution >= 4 is 21.6 Å². The first-order chi connectivity index (χ1) is 9.87. The van der Waals surface area contributed by atoms with Crippen molar-refractivity contribution in [1.29, 1.82) is 0 Å². The molecule has 1 aromatic carbocycles. The predicted octanol–water partition coefficient (Wildman–Crippen LogP) is 2.80. The summed E-state index contributed by atoms with van der Waals surface area (Å²) >= 11 is 6.06. The first-order valence-electron chi connectivity index (χ1n) is 7.28. The molecule has 118 valence electrons. The zero-order valence-corrected chi connectivity index (χ0v) is 14.3. The standard InChI is InChI=1S/C15H23ClN2O2S/c1-11-14(16)5-4-6-15(11)21(19,20)18(3)13-9-7-12(17-2)8-10-13/h4-6,12-13,17H,7-10H2,1-3H3. The monoisotopic (exact) mass is 330 g/mol. The van der Waals surface area contributed by atoms with Crippen molar-refractivity contribution in [2.75, 3.05) is 14.1 Å². The van der Waals surface area contributed by atoms with E-state index in [0.717, 1.165) is 25.7 Å². The number of hydrogen-bond acceptors (Lipinski definition) is 3. The molecule has 0 amide bonds. The Labute approximate surface area is 132 Å². The van der Waals surface area contributed by atoms with E-state index in [1.807, 2.05) is 7.05 Å². The molecular weight excluding hydrogens is 308 g/mol. The lowest BCUT2D eigenvalue weighted by Gasteiger charge is -2.34. The van der Waals surface area contributed by atoms with Crippen LogP contribution in [0.25, 0.3) is 0 Å². The quantitative estimate of drug-likeness (QED) is 0.923. The number of hydrogen-bond donors (Lipinski definition) is 1. The number of nitrogens with zero attached hydrogens (tertiary/aromatic N) is 1. The van der Waals surface area contributed by atoms with Crippen molar-refractivity contribution in [3.63, 3.8) is 0 Å². The van der Waals surface area contributed by atoms with Crippen LogP contribution in [0.5, 0.6) is 0 Å². The highest BCUT2D eigenvalue weighted by atomic mass is 35.5. The molecule has 1 aromatic rings. The van der Waals surface area contributed by atoms with Crippen LogP contribution in [0, 0.1) is 6.92 Å². The van der Waals surface area contributed by atoms with Gasteiger partial charge in [0.15, 0.2) is 0 Å². The normalized spacial score (nSPS) is 23.5. The smallest absolute Gasteiger partial charge is 0.243 e. The van der Waals surface area contributed by atoms with Gasteiger partial charge in [-0.1, -0.05) is 17.7 Å². The second-order valence-electron chi connectivity index (χ2n) is 5.68. The van der Waals surface area contributed by atoms with Crippen LogP contribution in [-0.4, -0.2) is 38.9 Å². The molecule has 0 atom stereocenters. The molecule has 0 aliphatic heterocycles. The average Bonchev–Trinajstić information content (AvgIpc) is 2.49. The number of benzene rings is 1. The van der Waals surface area contributed by atoms with Gasteiger partial charge in [-0.2, -0.15) is 4.31 Å². The minimum absolute atomic E-state index is 0.0676. The summed E-state index contributed by atoms with van der Waals surface area (Å²) in [5.74, 6) is 0. The molecule has 6 heteroatoms. The van der Waals surface area contributed by atoms with Gasteiger partial charge in [-0.05, 0) is 57.4 Å². The summed E-state index contributed by atoms with van der Waals surface area (Å²) in [7, 11) is 0.152. The lowest BCUT2D eigenvalue weighted by molar-refractivity contribution is 0.255. The number of sulfonamides is 1. The summed E-state index contributed by atoms with van der Waals surface area (Å²) in [5, 5.41) is 3.75. The number of rotatable bonds is 4. The van der Waals surface area contributed by atoms with Crippen LogP contribution in [0.2, 0.25) is 5.02 Å². The van der Waals surface area contributed by atoms with Crippen LogP contribution >= 0.6 is 11.6 Å². The molecule has 0 aromatic heterocycles. The molecule has 21 heavy (non-hydrogen) atoms. The van der Waals surface area contributed by atoms with Gasteiger partial charge in [0.1, 0.15) is 0 Å². The van der Waals surface area contributed by atoms with E-state index in [0.29, 0.717) is 21.5 Å². The maximum atomic E-state index is 12.8. The van der Waals surface area contributed by atoms with Gasteiger partial charge in [0, 0.05) is 24.2 Å². The summed E-state index contributed by atoms with van der Waals surface area (Å²) in [6.07, 6.45) is 3.80. The Bertz CT molecular complexity index is 596. The second-order valence-corrected chi connectivity index (χ2v) is 8.05. The van der Waals surface area contributed by atoms with Gasteiger partial charge in [0.25, 0.3) is 0 Å². The highest BCUT2D eigenvalue weighted by molar-refractivity contribution is 7.89. The molecule has 0 unspecified atom stereocenters. The average molecular weight is 331 g/mol. The van der Waals surface area contributed by atoms with Gasteiger partial charge in [-0.15, -0.1) is 0 Å². The van der Waals surface area contributed by atoms with Crippen LogP contribution in [0.1, 0.15) is 31.2 Å². The summed E-state index contributed by atoms with van der Waals surface area (Å²) in [5.41, 5.74) is 0.620. The van der Waals surface area contributed by atoms with Crippen molar-refractivity contribution in [3.8, 4) is 0 Å². The lowest BCUT2D eigenvalue weighted by Crippen LogP contribution is -2.42. The minimum atomic E-state index is -3.49. The first-order valence-corrected chi connectivity index (χ1v) is 9.10. The molecule has 0 radical (unpaired) electrons. The van der Waals surface area contributed by atoms with Crippen LogP contribution < -0.4 is 5.32 Å². The van der Waals surface area contributed by atoms with Crippen LogP contribution in [0.4, 0.5) is 0 Å². The Balaban J connectivity index is 2.21. The van der Waals surface area contributed by atoms with E-state index < -0.39 is 10.0 Å². The van der Waals surface area contributed by atoms with Gasteiger partial charge in [0.05, 0.1) is 4.90 Å². The third-order valence-corrected chi connectivity index (χ3v) is 6.96. The fourth-order valence-corrected chi connectivity index (χ4v) is 4.84. The SMILES string of the molecule is CNC1CCC(N(C)S(=O)(=O)c2cccc(Cl)c2C)CC1. The largest absolute Gasteiger partial charge is 0.317 e. The number of halogens is 1. The molecule has 1 saturated carbocycles. The van der Waals surface area contributed by atoms with E-state index in [1.54, 1.807) is 32.2 Å². The molecule has 4 nitrogen and oxygen atoms in total. The third kappa shape index (κ3) is 3.42. The maximum absolute atomic E-state index is 12.8. The van der Waals surface area contributed by atoms with Gasteiger partial charge in [-0.3, -0.25) is 0 Å². The summed E-state index contributed by atoms with van der Waals surface area (Å²) in [6.45, 7) is 1.75. The zero-order valence-electron chi connectivity index (χ0n) is 12.8. The van der Waals surface area contributed by atoms with E-state index in [4.69, 9.17) is 11.6 Å². The fraction of sp³-hybridized carbons (Fsp3) is 0.600. The highest BCUT2D eigenvalue weighted by Crippen LogP contribution is 2.30. The zero-order chi connectivity index (χ0) is 15.6. The summed E-state index contributed by atoms with van der Waals surface area (Å²) < 4.78 is 27.1. The van der Waals surface area contributed by atoms with E-state index >= 15 is 0 Å². The Morgan fingerprint density at radius 2 is 1.86 bits per heavy atom. The van der Waals surface area contributed by atoms with Crippen molar-refractivity contribution in [3.05, 3.63) is 28.8 Å². The molecule has 0 bridgehead atoms. The minimum Gasteiger partial charge on any atom is -0.317 e. The molecule has 1 aliphatic carbocycles. The molecule has 1 fully saturated rings. The summed E-state index contributed by atoms with van der Waals surface area (Å²) in [6, 6.07) is 5.61. The predicted molar refractivity (Wildman–Crippen MR) is 86.2 cm³/mol. The van der Waals surface area contributed by atoms with Gasteiger partial charge in [-0.25, -0.2) is 8.42 Å². The Morgan fingerprint density at radius 3 is 2.43 bits per heavy atom. The van der Waals surface area contributed by atoms with Crippen molar-refractivity contribution < 1.29 is 8.42 Å². The van der Waals surface area contributed by atoms with E-state index in [1.165, 1.54) is 4.31 Å². The molecule has 1 N–H and O–H groups in total. The molecule has 2 rings (SSSR count). The Hall–Kier alpha value is -0.620. The highest BCUT2D eigenvalue weighted by Gasteiger charge is 2.32. The number of nitrogens with one attached hydrogen (secondary N) is 1. The molecular formula is C15H23ClN2O2S. The van der Waals surface area contributed by atoms with Gasteiger partial charge in [0.2, 0.25) is 10.0 Å². The van der Waals surface area contributed by atoms with Gasteiger partial charge >= 0.3 is 0 Å². The van der Waals surface area contributed by atoms with Crippen molar-refractivity contribution in [2.24, 2.45) is 0 Å². The first kappa shape index (κ1) is 16.7. The topological polar surface area (TPSA) is 49.4 Å². The molecule has 0 saturated heterocycles. The van der Waals surface area contributed by atoms with Crippen molar-refractivity contribution in [1.82, 2.24) is 9.62 Å². The Kier molecular flexibility index (Phi) is 5.30. The lowest BCUT2D eigenvalue weighted by atomic mass is 9.91. The van der Waals surface area contributed by atoms with Crippen LogP contribution in [0.3, 0.4) is 0 Å². The van der Waals surface area contributed by atoms with E-state index in [2.05, 4.69) is 5.32 Å². The Morgan fingerprint density at radius 1 is 1.24 bits per heavy atom. The molecule has 0 spiro atoms. The second kappa shape index (κ2) is 6.65. The maximum Gasteiger partial charge on any atom is 0.243 e. The van der Waals surface area contributed by atoms with Crippen LogP contribution in [0.15, 0.2) is 23.1 Å². The summed E-state index contributed by atoms with van der Waals surface area (Å²) in [4.78, 5) is 0.313. The van der Waals surface area contributed by atoms with E-state index in [9.17, 15) is 8.42 Å². The fourth-order valence-electron chi connectivity index (χ4n) is 2.95. The van der Waals surface area contributed by atoms with Crippen molar-refractivity contribution in [2.45, 2.75) is 49.6 Å². The molecule has 1 aliphatic rings.